The van der Waals surface area contributed by atoms with Crippen molar-refractivity contribution in [2.24, 2.45) is 0 Å². The summed E-state index contributed by atoms with van der Waals surface area (Å²) in [6, 6.07) is 11.5. The molecular weight excluding hydrogens is 312 g/mol. The number of anilines is 1. The number of piperidine rings is 1. The maximum absolute atomic E-state index is 9.98. The van der Waals surface area contributed by atoms with Crippen LogP contribution in [0.5, 0.6) is 5.75 Å². The summed E-state index contributed by atoms with van der Waals surface area (Å²) >= 11 is 0. The zero-order valence-corrected chi connectivity index (χ0v) is 15.7. The number of aromatic hydroxyl groups is 1. The second kappa shape index (κ2) is 6.30. The van der Waals surface area contributed by atoms with E-state index < -0.39 is 0 Å². The minimum Gasteiger partial charge on any atom is -0.507 e. The van der Waals surface area contributed by atoms with E-state index in [1.54, 1.807) is 12.1 Å². The fraction of sp³-hybridized carbons (Fsp3) is 0.500. The fourth-order valence-corrected chi connectivity index (χ4v) is 4.08. The Kier molecular flexibility index (Phi) is 4.45. The number of nitrogens with one attached hydrogen (secondary N) is 1. The summed E-state index contributed by atoms with van der Waals surface area (Å²) in [5.41, 5.74) is 1.56. The molecule has 134 valence electrons. The first kappa shape index (κ1) is 17.7. The van der Waals surface area contributed by atoms with Crippen LogP contribution in [0, 0.1) is 0 Å². The van der Waals surface area contributed by atoms with Gasteiger partial charge in [0.15, 0.2) is 5.82 Å². The van der Waals surface area contributed by atoms with E-state index in [0.29, 0.717) is 17.3 Å². The van der Waals surface area contributed by atoms with E-state index in [9.17, 15) is 5.11 Å². The highest BCUT2D eigenvalue weighted by molar-refractivity contribution is 5.66. The smallest absolute Gasteiger partial charge is 0.151 e. The lowest BCUT2D eigenvalue weighted by molar-refractivity contribution is 0.160. The summed E-state index contributed by atoms with van der Waals surface area (Å²) in [5, 5.41) is 22.4. The molecule has 2 aromatic rings. The van der Waals surface area contributed by atoms with Gasteiger partial charge < -0.3 is 15.3 Å². The van der Waals surface area contributed by atoms with Crippen LogP contribution in [0.1, 0.15) is 40.5 Å². The van der Waals surface area contributed by atoms with Crippen LogP contribution in [0.2, 0.25) is 0 Å². The molecule has 0 unspecified atom stereocenters. The van der Waals surface area contributed by atoms with Crippen molar-refractivity contribution in [3.05, 3.63) is 36.4 Å². The average Bonchev–Trinajstić information content (AvgIpc) is 2.52. The van der Waals surface area contributed by atoms with Gasteiger partial charge in [-0.05, 0) is 64.8 Å². The predicted octanol–water partition coefficient (Wildman–Crippen LogP) is 3.59. The third-order valence-corrected chi connectivity index (χ3v) is 4.91. The average molecular weight is 340 g/mol. The number of phenolic OH excluding ortho intramolecular Hbond substituents is 1. The Morgan fingerprint density at radius 1 is 1.00 bits per heavy atom. The maximum atomic E-state index is 9.98. The van der Waals surface area contributed by atoms with Gasteiger partial charge in [-0.2, -0.15) is 0 Å². The first-order valence-corrected chi connectivity index (χ1v) is 8.81. The van der Waals surface area contributed by atoms with E-state index in [1.807, 2.05) is 24.3 Å². The van der Waals surface area contributed by atoms with Crippen LogP contribution in [-0.2, 0) is 0 Å². The van der Waals surface area contributed by atoms with Crippen LogP contribution in [0.15, 0.2) is 36.4 Å². The molecule has 1 aromatic heterocycles. The van der Waals surface area contributed by atoms with Crippen LogP contribution >= 0.6 is 0 Å². The van der Waals surface area contributed by atoms with Crippen molar-refractivity contribution < 1.29 is 5.11 Å². The Morgan fingerprint density at radius 2 is 1.64 bits per heavy atom. The molecule has 0 bridgehead atoms. The number of hydrogen-bond donors (Lipinski definition) is 2. The second-order valence-electron chi connectivity index (χ2n) is 8.36. The van der Waals surface area contributed by atoms with Crippen LogP contribution in [0.4, 0.5) is 5.82 Å². The van der Waals surface area contributed by atoms with Crippen molar-refractivity contribution in [1.82, 2.24) is 15.5 Å². The number of phenols is 1. The normalized spacial score (nSPS) is 19.6. The van der Waals surface area contributed by atoms with Gasteiger partial charge in [-0.1, -0.05) is 12.1 Å². The number of aromatic nitrogens is 2. The molecule has 25 heavy (non-hydrogen) atoms. The Bertz CT molecular complexity index is 724. The molecular formula is C20H28N4O. The molecule has 5 nitrogen and oxygen atoms in total. The third-order valence-electron chi connectivity index (χ3n) is 4.91. The van der Waals surface area contributed by atoms with Gasteiger partial charge in [-0.25, -0.2) is 0 Å². The Hall–Kier alpha value is -2.14. The highest BCUT2D eigenvalue weighted by Gasteiger charge is 2.39. The van der Waals surface area contributed by atoms with Gasteiger partial charge in [0.05, 0.1) is 5.69 Å². The third kappa shape index (κ3) is 3.93. The molecule has 0 atom stereocenters. The van der Waals surface area contributed by atoms with Gasteiger partial charge in [-0.15, -0.1) is 10.2 Å². The van der Waals surface area contributed by atoms with Crippen LogP contribution in [0.25, 0.3) is 11.3 Å². The van der Waals surface area contributed by atoms with Crippen molar-refractivity contribution in [1.29, 1.82) is 0 Å². The minimum absolute atomic E-state index is 0.0872. The molecule has 2 N–H and O–H groups in total. The quantitative estimate of drug-likeness (QED) is 0.894. The Morgan fingerprint density at radius 3 is 2.20 bits per heavy atom. The van der Waals surface area contributed by atoms with Crippen LogP contribution in [0.3, 0.4) is 0 Å². The molecule has 1 aliphatic rings. The minimum atomic E-state index is 0.0872. The predicted molar refractivity (Wildman–Crippen MR) is 102 cm³/mol. The highest BCUT2D eigenvalue weighted by atomic mass is 16.3. The van der Waals surface area contributed by atoms with E-state index in [2.05, 4.69) is 55.2 Å². The number of para-hydroxylation sites is 1. The molecule has 1 fully saturated rings. The summed E-state index contributed by atoms with van der Waals surface area (Å²) < 4.78 is 0. The summed E-state index contributed by atoms with van der Waals surface area (Å²) in [6.45, 7) is 9.01. The Labute approximate surface area is 150 Å². The van der Waals surface area contributed by atoms with E-state index in [4.69, 9.17) is 0 Å². The van der Waals surface area contributed by atoms with Crippen LogP contribution < -0.4 is 10.2 Å². The number of rotatable bonds is 3. The fourth-order valence-electron chi connectivity index (χ4n) is 4.08. The summed E-state index contributed by atoms with van der Waals surface area (Å²) in [7, 11) is 2.09. The molecule has 0 saturated carbocycles. The largest absolute Gasteiger partial charge is 0.507 e. The molecule has 1 aromatic carbocycles. The summed E-state index contributed by atoms with van der Waals surface area (Å²) in [5.74, 6) is 1.08. The first-order chi connectivity index (χ1) is 11.7. The highest BCUT2D eigenvalue weighted by Crippen LogP contribution is 2.33. The van der Waals surface area contributed by atoms with Crippen molar-refractivity contribution in [2.75, 3.05) is 11.9 Å². The monoisotopic (exact) mass is 340 g/mol. The zero-order chi connectivity index (χ0) is 18.2. The van der Waals surface area contributed by atoms with E-state index >= 15 is 0 Å². The lowest BCUT2D eigenvalue weighted by atomic mass is 9.79. The van der Waals surface area contributed by atoms with Crippen molar-refractivity contribution >= 4 is 5.82 Å². The lowest BCUT2D eigenvalue weighted by Gasteiger charge is -2.49. The topological polar surface area (TPSA) is 61.3 Å². The van der Waals surface area contributed by atoms with Gasteiger partial charge in [0.25, 0.3) is 0 Å². The first-order valence-electron chi connectivity index (χ1n) is 8.81. The summed E-state index contributed by atoms with van der Waals surface area (Å²) in [6.07, 6.45) is 2.10. The standard InChI is InChI=1S/C20H28N4O/c1-19(2)12-14(13-20(3,4)23-19)24(5)18-11-10-16(21-22-18)15-8-6-7-9-17(15)25/h6-11,14,23,25H,12-13H2,1-5H3. The maximum Gasteiger partial charge on any atom is 0.151 e. The number of nitrogens with zero attached hydrogens (tertiary/aromatic N) is 3. The van der Waals surface area contributed by atoms with Crippen molar-refractivity contribution in [3.63, 3.8) is 0 Å². The second-order valence-corrected chi connectivity index (χ2v) is 8.36. The molecule has 5 heteroatoms. The molecule has 2 heterocycles. The molecule has 0 aliphatic carbocycles. The van der Waals surface area contributed by atoms with Gasteiger partial charge >= 0.3 is 0 Å². The SMILES string of the molecule is CN(c1ccc(-c2ccccc2O)nn1)C1CC(C)(C)NC(C)(C)C1. The van der Waals surface area contributed by atoms with E-state index in [1.165, 1.54) is 0 Å². The van der Waals surface area contributed by atoms with Crippen LogP contribution in [-0.4, -0.2) is 39.5 Å². The number of benzene rings is 1. The zero-order valence-electron chi connectivity index (χ0n) is 15.7. The Balaban J connectivity index is 1.81. The molecule has 0 radical (unpaired) electrons. The van der Waals surface area contributed by atoms with Gasteiger partial charge in [-0.3, -0.25) is 0 Å². The van der Waals surface area contributed by atoms with E-state index in [0.717, 1.165) is 18.7 Å². The van der Waals surface area contributed by atoms with E-state index in [-0.39, 0.29) is 16.8 Å². The van der Waals surface area contributed by atoms with Gasteiger partial charge in [0.2, 0.25) is 0 Å². The summed E-state index contributed by atoms with van der Waals surface area (Å²) in [4.78, 5) is 2.23. The number of hydrogen-bond acceptors (Lipinski definition) is 5. The molecule has 1 aliphatic heterocycles. The lowest BCUT2D eigenvalue weighted by Crippen LogP contribution is -2.62. The molecule has 0 amide bonds. The van der Waals surface area contributed by atoms with Crippen molar-refractivity contribution in [3.8, 4) is 17.0 Å². The van der Waals surface area contributed by atoms with Gasteiger partial charge in [0, 0.05) is 29.7 Å². The molecule has 0 spiro atoms. The van der Waals surface area contributed by atoms with Crippen molar-refractivity contribution in [2.45, 2.75) is 57.7 Å². The molecule has 1 saturated heterocycles. The molecule has 3 rings (SSSR count). The van der Waals surface area contributed by atoms with Gasteiger partial charge in [0.1, 0.15) is 5.75 Å².